The number of imide groups is 1. The number of benzene rings is 2. The lowest BCUT2D eigenvalue weighted by atomic mass is 10.1. The van der Waals surface area contributed by atoms with E-state index in [1.807, 2.05) is 30.3 Å². The Balaban J connectivity index is 1.92. The summed E-state index contributed by atoms with van der Waals surface area (Å²) in [5.41, 5.74) is 1.93. The molecule has 0 bridgehead atoms. The summed E-state index contributed by atoms with van der Waals surface area (Å²) in [6, 6.07) is 16.9. The Kier molecular flexibility index (Phi) is 5.10. The maximum atomic E-state index is 12.8. The third-order valence-electron chi connectivity index (χ3n) is 5.64. The highest BCUT2D eigenvalue weighted by atomic mass is 28.4. The molecule has 27 heavy (non-hydrogen) atoms. The third-order valence-corrected chi connectivity index (χ3v) is 10.1. The second kappa shape index (κ2) is 7.06. The van der Waals surface area contributed by atoms with E-state index in [2.05, 4.69) is 33.9 Å². The van der Waals surface area contributed by atoms with Crippen LogP contribution in [0.2, 0.25) is 18.1 Å². The molecular weight excluding hydrogens is 354 g/mol. The van der Waals surface area contributed by atoms with E-state index < -0.39 is 8.32 Å². The molecule has 4 nitrogen and oxygen atoms in total. The molecule has 1 atom stereocenters. The molecule has 0 fully saturated rings. The molecule has 0 saturated heterocycles. The van der Waals surface area contributed by atoms with Gasteiger partial charge in [-0.1, -0.05) is 63.2 Å². The molecule has 0 N–H and O–H groups in total. The van der Waals surface area contributed by atoms with Crippen LogP contribution in [-0.2, 0) is 4.43 Å². The van der Waals surface area contributed by atoms with Gasteiger partial charge in [-0.15, -0.1) is 0 Å². The molecule has 2 aromatic carbocycles. The van der Waals surface area contributed by atoms with Crippen LogP contribution < -0.4 is 0 Å². The number of fused-ring (bicyclic) bond motifs is 1. The molecule has 1 aliphatic heterocycles. The van der Waals surface area contributed by atoms with Crippen molar-refractivity contribution in [2.75, 3.05) is 6.54 Å². The van der Waals surface area contributed by atoms with Gasteiger partial charge in [-0.25, -0.2) is 0 Å². The van der Waals surface area contributed by atoms with Gasteiger partial charge in [0.25, 0.3) is 11.8 Å². The van der Waals surface area contributed by atoms with Gasteiger partial charge >= 0.3 is 0 Å². The lowest BCUT2D eigenvalue weighted by molar-refractivity contribution is 0.0556. The van der Waals surface area contributed by atoms with Crippen molar-refractivity contribution >= 4 is 20.1 Å². The molecule has 2 amide bonds. The number of nitrogens with zero attached hydrogens (tertiary/aromatic N) is 1. The van der Waals surface area contributed by atoms with Crippen LogP contribution in [0.4, 0.5) is 0 Å². The van der Waals surface area contributed by atoms with Crippen LogP contribution in [0.5, 0.6) is 0 Å². The van der Waals surface area contributed by atoms with Gasteiger partial charge in [0, 0.05) is 0 Å². The summed E-state index contributed by atoms with van der Waals surface area (Å²) in [5, 5.41) is 0.0298. The summed E-state index contributed by atoms with van der Waals surface area (Å²) < 4.78 is 6.64. The molecule has 0 aromatic heterocycles. The average Bonchev–Trinajstić information content (AvgIpc) is 2.86. The molecule has 0 aliphatic carbocycles. The van der Waals surface area contributed by atoms with Crippen molar-refractivity contribution in [2.24, 2.45) is 0 Å². The monoisotopic (exact) mass is 381 g/mol. The fraction of sp³-hybridized carbons (Fsp3) is 0.364. The number of hydrogen-bond acceptors (Lipinski definition) is 3. The van der Waals surface area contributed by atoms with Gasteiger partial charge < -0.3 is 4.43 Å². The van der Waals surface area contributed by atoms with Crippen molar-refractivity contribution in [3.63, 3.8) is 0 Å². The summed E-state index contributed by atoms with van der Waals surface area (Å²) in [4.78, 5) is 26.9. The maximum absolute atomic E-state index is 12.8. The molecule has 2 aromatic rings. The lowest BCUT2D eigenvalue weighted by Crippen LogP contribution is -2.44. The molecule has 3 rings (SSSR count). The number of carbonyl (C=O) groups is 2. The van der Waals surface area contributed by atoms with E-state index in [1.165, 1.54) is 4.90 Å². The molecule has 1 heterocycles. The third kappa shape index (κ3) is 3.75. The Labute approximate surface area is 162 Å². The first-order chi connectivity index (χ1) is 12.6. The van der Waals surface area contributed by atoms with Crippen molar-refractivity contribution in [1.82, 2.24) is 4.90 Å². The van der Waals surface area contributed by atoms with Crippen molar-refractivity contribution < 1.29 is 14.0 Å². The Bertz CT molecular complexity index is 820. The smallest absolute Gasteiger partial charge is 0.261 e. The first-order valence-corrected chi connectivity index (χ1v) is 12.2. The van der Waals surface area contributed by atoms with Crippen LogP contribution in [0.1, 0.15) is 53.2 Å². The summed E-state index contributed by atoms with van der Waals surface area (Å²) in [6.07, 6.45) is -0.339. The molecule has 0 unspecified atom stereocenters. The van der Waals surface area contributed by atoms with Gasteiger partial charge in [-0.2, -0.15) is 0 Å². The number of hydrogen-bond donors (Lipinski definition) is 0. The molecule has 0 radical (unpaired) electrons. The Hall–Kier alpha value is -2.24. The molecular formula is C22H27NO3Si. The quantitative estimate of drug-likeness (QED) is 0.538. The highest BCUT2D eigenvalue weighted by Crippen LogP contribution is 2.40. The largest absolute Gasteiger partial charge is 0.408 e. The summed E-state index contributed by atoms with van der Waals surface area (Å²) in [6.45, 7) is 11.1. The normalized spacial score (nSPS) is 15.8. The fourth-order valence-corrected chi connectivity index (χ4v) is 4.26. The molecule has 1 aliphatic rings. The predicted molar refractivity (Wildman–Crippen MR) is 109 cm³/mol. The van der Waals surface area contributed by atoms with E-state index in [-0.39, 0.29) is 29.5 Å². The van der Waals surface area contributed by atoms with Crippen molar-refractivity contribution in [3.05, 3.63) is 71.3 Å². The fourth-order valence-electron chi connectivity index (χ4n) is 2.98. The van der Waals surface area contributed by atoms with E-state index in [1.54, 1.807) is 24.3 Å². The first-order valence-electron chi connectivity index (χ1n) is 9.30. The van der Waals surface area contributed by atoms with Gasteiger partial charge in [0.15, 0.2) is 8.32 Å². The summed E-state index contributed by atoms with van der Waals surface area (Å²) in [7, 11) is -2.10. The maximum Gasteiger partial charge on any atom is 0.261 e. The van der Waals surface area contributed by atoms with Gasteiger partial charge in [0.2, 0.25) is 0 Å². The zero-order chi connectivity index (χ0) is 19.8. The second-order valence-electron chi connectivity index (χ2n) is 8.54. The second-order valence-corrected chi connectivity index (χ2v) is 13.3. The topological polar surface area (TPSA) is 46.6 Å². The SMILES string of the molecule is CC(C)(C)[Si](C)(C)O[C@H](CN1C(=O)c2ccccc2C1=O)c1ccccc1. The average molecular weight is 382 g/mol. The zero-order valence-corrected chi connectivity index (χ0v) is 17.7. The minimum atomic E-state index is -2.10. The minimum absolute atomic E-state index is 0.0298. The first kappa shape index (κ1) is 19.5. The van der Waals surface area contributed by atoms with Gasteiger partial charge in [-0.3, -0.25) is 14.5 Å². The number of amides is 2. The standard InChI is InChI=1S/C22H27NO3Si/c1-22(2,3)27(4,5)26-19(16-11-7-6-8-12-16)15-23-20(24)17-13-9-10-14-18(17)21(23)25/h6-14,19H,15H2,1-5H3/t19-/m1/s1. The van der Waals surface area contributed by atoms with Crippen LogP contribution in [0.25, 0.3) is 0 Å². The number of carbonyl (C=O) groups excluding carboxylic acids is 2. The predicted octanol–water partition coefficient (Wildman–Crippen LogP) is 5.05. The van der Waals surface area contributed by atoms with E-state index in [4.69, 9.17) is 4.43 Å². The van der Waals surface area contributed by atoms with Crippen molar-refractivity contribution in [3.8, 4) is 0 Å². The highest BCUT2D eigenvalue weighted by molar-refractivity contribution is 6.74. The van der Waals surface area contributed by atoms with Gasteiger partial charge in [-0.05, 0) is 35.8 Å². The molecule has 5 heteroatoms. The Morgan fingerprint density at radius 3 is 1.85 bits per heavy atom. The van der Waals surface area contributed by atoms with Gasteiger partial charge in [0.1, 0.15) is 0 Å². The van der Waals surface area contributed by atoms with Crippen LogP contribution >= 0.6 is 0 Å². The zero-order valence-electron chi connectivity index (χ0n) is 16.7. The van der Waals surface area contributed by atoms with Crippen LogP contribution in [0, 0.1) is 0 Å². The minimum Gasteiger partial charge on any atom is -0.408 e. The van der Waals surface area contributed by atoms with E-state index in [0.717, 1.165) is 5.56 Å². The van der Waals surface area contributed by atoms with Crippen molar-refractivity contribution in [2.45, 2.75) is 45.0 Å². The van der Waals surface area contributed by atoms with Crippen LogP contribution in [-0.4, -0.2) is 31.6 Å². The summed E-state index contributed by atoms with van der Waals surface area (Å²) in [5.74, 6) is -0.481. The van der Waals surface area contributed by atoms with Gasteiger partial charge in [0.05, 0.1) is 23.8 Å². The van der Waals surface area contributed by atoms with E-state index in [9.17, 15) is 9.59 Å². The summed E-state index contributed by atoms with van der Waals surface area (Å²) >= 11 is 0. The Morgan fingerprint density at radius 2 is 1.37 bits per heavy atom. The highest BCUT2D eigenvalue weighted by Gasteiger charge is 2.42. The molecule has 0 saturated carbocycles. The molecule has 142 valence electrons. The van der Waals surface area contributed by atoms with E-state index in [0.29, 0.717) is 11.1 Å². The van der Waals surface area contributed by atoms with Crippen molar-refractivity contribution in [1.29, 1.82) is 0 Å². The Morgan fingerprint density at radius 1 is 0.889 bits per heavy atom. The van der Waals surface area contributed by atoms with E-state index >= 15 is 0 Å². The molecule has 0 spiro atoms. The lowest BCUT2D eigenvalue weighted by Gasteiger charge is -2.40. The van der Waals surface area contributed by atoms with Crippen LogP contribution in [0.3, 0.4) is 0 Å². The number of rotatable bonds is 5. The van der Waals surface area contributed by atoms with Crippen LogP contribution in [0.15, 0.2) is 54.6 Å².